The summed E-state index contributed by atoms with van der Waals surface area (Å²) in [7, 11) is 0. The molecule has 1 atom stereocenters. The zero-order valence-corrected chi connectivity index (χ0v) is 11.4. The van der Waals surface area contributed by atoms with E-state index >= 15 is 0 Å². The molecule has 2 heteroatoms. The molecular formula is C14H23NS. The molecule has 0 fully saturated rings. The van der Waals surface area contributed by atoms with Crippen LogP contribution in [0.4, 0.5) is 0 Å². The average Bonchev–Trinajstić information content (AvgIpc) is 2.29. The smallest absolute Gasteiger partial charge is 0.0414 e. The molecule has 0 aliphatic carbocycles. The van der Waals surface area contributed by atoms with Crippen LogP contribution < -0.4 is 5.32 Å². The number of thioether (sulfide) groups is 1. The Bertz CT molecular complexity index is 299. The van der Waals surface area contributed by atoms with Gasteiger partial charge >= 0.3 is 0 Å². The van der Waals surface area contributed by atoms with Gasteiger partial charge in [-0.1, -0.05) is 38.1 Å². The van der Waals surface area contributed by atoms with Crippen molar-refractivity contribution in [1.29, 1.82) is 0 Å². The van der Waals surface area contributed by atoms with Crippen molar-refractivity contribution < 1.29 is 0 Å². The summed E-state index contributed by atoms with van der Waals surface area (Å²) in [5.74, 6) is 2.43. The van der Waals surface area contributed by atoms with Crippen LogP contribution in [0, 0.1) is 6.92 Å². The molecule has 1 rings (SSSR count). The molecule has 1 nitrogen and oxygen atoms in total. The fraction of sp³-hybridized carbons (Fsp3) is 0.571. The lowest BCUT2D eigenvalue weighted by Gasteiger charge is -2.19. The molecule has 0 saturated carbocycles. The second-order valence-corrected chi connectivity index (χ2v) is 5.19. The van der Waals surface area contributed by atoms with E-state index in [2.05, 4.69) is 50.4 Å². The van der Waals surface area contributed by atoms with Gasteiger partial charge in [0.05, 0.1) is 0 Å². The number of hydrogen-bond donors (Lipinski definition) is 1. The van der Waals surface area contributed by atoms with Gasteiger partial charge in [0.1, 0.15) is 0 Å². The minimum atomic E-state index is 0.503. The van der Waals surface area contributed by atoms with E-state index in [0.717, 1.165) is 6.54 Å². The first-order valence-electron chi connectivity index (χ1n) is 6.16. The monoisotopic (exact) mass is 237 g/mol. The number of benzene rings is 1. The summed E-state index contributed by atoms with van der Waals surface area (Å²) >= 11 is 2.04. The van der Waals surface area contributed by atoms with Crippen LogP contribution in [0.3, 0.4) is 0 Å². The van der Waals surface area contributed by atoms with Crippen LogP contribution in [-0.4, -0.2) is 18.1 Å². The average molecular weight is 237 g/mol. The van der Waals surface area contributed by atoms with Gasteiger partial charge in [-0.25, -0.2) is 0 Å². The van der Waals surface area contributed by atoms with Crippen LogP contribution in [0.15, 0.2) is 24.3 Å². The quantitative estimate of drug-likeness (QED) is 0.724. The van der Waals surface area contributed by atoms with Crippen molar-refractivity contribution >= 4 is 11.8 Å². The van der Waals surface area contributed by atoms with Crippen molar-refractivity contribution in [3.8, 4) is 0 Å². The van der Waals surface area contributed by atoms with Gasteiger partial charge in [0.25, 0.3) is 0 Å². The normalized spacial score (nSPS) is 12.7. The van der Waals surface area contributed by atoms with E-state index in [9.17, 15) is 0 Å². The molecule has 90 valence electrons. The van der Waals surface area contributed by atoms with E-state index in [1.165, 1.54) is 29.1 Å². The maximum Gasteiger partial charge on any atom is 0.0414 e. The third-order valence-electron chi connectivity index (χ3n) is 2.65. The topological polar surface area (TPSA) is 12.0 Å². The Morgan fingerprint density at radius 1 is 1.25 bits per heavy atom. The lowest BCUT2D eigenvalue weighted by atomic mass is 10.0. The highest BCUT2D eigenvalue weighted by Crippen LogP contribution is 2.21. The van der Waals surface area contributed by atoms with Gasteiger partial charge in [0.2, 0.25) is 0 Å². The van der Waals surface area contributed by atoms with Crippen molar-refractivity contribution in [3.05, 3.63) is 35.4 Å². The second-order valence-electron chi connectivity index (χ2n) is 4.04. The zero-order chi connectivity index (χ0) is 11.8. The summed E-state index contributed by atoms with van der Waals surface area (Å²) in [5, 5.41) is 3.58. The fourth-order valence-electron chi connectivity index (χ4n) is 1.83. The lowest BCUT2D eigenvalue weighted by Crippen LogP contribution is -2.23. The van der Waals surface area contributed by atoms with Crippen molar-refractivity contribution in [1.82, 2.24) is 5.32 Å². The second kappa shape index (κ2) is 7.75. The predicted molar refractivity (Wildman–Crippen MR) is 75.2 cm³/mol. The predicted octanol–water partition coefficient (Wildman–Crippen LogP) is 3.79. The molecule has 1 aromatic rings. The molecule has 0 bridgehead atoms. The molecule has 0 saturated heterocycles. The van der Waals surface area contributed by atoms with Crippen LogP contribution in [0.25, 0.3) is 0 Å². The van der Waals surface area contributed by atoms with Crippen LogP contribution >= 0.6 is 11.8 Å². The number of aryl methyl sites for hydroxylation is 1. The van der Waals surface area contributed by atoms with E-state index in [1.807, 2.05) is 11.8 Å². The third-order valence-corrected chi connectivity index (χ3v) is 3.91. The summed E-state index contributed by atoms with van der Waals surface area (Å²) in [4.78, 5) is 0. The van der Waals surface area contributed by atoms with Crippen molar-refractivity contribution in [2.24, 2.45) is 0 Å². The van der Waals surface area contributed by atoms with Crippen LogP contribution in [-0.2, 0) is 0 Å². The number of nitrogens with one attached hydrogen (secondary N) is 1. The Balaban J connectivity index is 2.65. The van der Waals surface area contributed by atoms with Gasteiger partial charge in [0, 0.05) is 11.8 Å². The highest BCUT2D eigenvalue weighted by atomic mass is 32.2. The van der Waals surface area contributed by atoms with Crippen LogP contribution in [0.5, 0.6) is 0 Å². The fourth-order valence-corrected chi connectivity index (χ4v) is 2.82. The Morgan fingerprint density at radius 3 is 2.62 bits per heavy atom. The standard InChI is InChI=1S/C14H23NS/c1-4-10-16-11-14(15-5-2)13-9-7-6-8-12(13)3/h6-9,14-15H,4-5,10-11H2,1-3H3. The molecule has 0 amide bonds. The summed E-state index contributed by atoms with van der Waals surface area (Å²) in [5.41, 5.74) is 2.85. The first-order valence-corrected chi connectivity index (χ1v) is 7.31. The highest BCUT2D eigenvalue weighted by molar-refractivity contribution is 7.99. The van der Waals surface area contributed by atoms with Crippen LogP contribution in [0.1, 0.15) is 37.4 Å². The van der Waals surface area contributed by atoms with Gasteiger partial charge in [-0.2, -0.15) is 11.8 Å². The molecule has 0 aliphatic heterocycles. The molecule has 16 heavy (non-hydrogen) atoms. The van der Waals surface area contributed by atoms with E-state index < -0.39 is 0 Å². The highest BCUT2D eigenvalue weighted by Gasteiger charge is 2.11. The molecule has 0 heterocycles. The van der Waals surface area contributed by atoms with Gasteiger partial charge in [-0.3, -0.25) is 0 Å². The molecule has 1 aromatic carbocycles. The van der Waals surface area contributed by atoms with E-state index in [4.69, 9.17) is 0 Å². The summed E-state index contributed by atoms with van der Waals surface area (Å²) in [6.45, 7) is 7.65. The van der Waals surface area contributed by atoms with Gasteiger partial charge in [-0.05, 0) is 36.8 Å². The Morgan fingerprint density at radius 2 is 2.00 bits per heavy atom. The first kappa shape index (κ1) is 13.6. The molecule has 0 spiro atoms. The van der Waals surface area contributed by atoms with Gasteiger partial charge < -0.3 is 5.32 Å². The van der Waals surface area contributed by atoms with Crippen molar-refractivity contribution in [3.63, 3.8) is 0 Å². The lowest BCUT2D eigenvalue weighted by molar-refractivity contribution is 0.603. The van der Waals surface area contributed by atoms with Crippen molar-refractivity contribution in [2.75, 3.05) is 18.1 Å². The minimum Gasteiger partial charge on any atom is -0.310 e. The molecular weight excluding hydrogens is 214 g/mol. The molecule has 1 N–H and O–H groups in total. The summed E-state index contributed by atoms with van der Waals surface area (Å²) in [6.07, 6.45) is 1.26. The largest absolute Gasteiger partial charge is 0.310 e. The van der Waals surface area contributed by atoms with E-state index in [0.29, 0.717) is 6.04 Å². The summed E-state index contributed by atoms with van der Waals surface area (Å²) in [6, 6.07) is 9.19. The SMILES string of the molecule is CCCSCC(NCC)c1ccccc1C. The summed E-state index contributed by atoms with van der Waals surface area (Å²) < 4.78 is 0. The third kappa shape index (κ3) is 4.18. The van der Waals surface area contributed by atoms with Crippen LogP contribution in [0.2, 0.25) is 0 Å². The van der Waals surface area contributed by atoms with Gasteiger partial charge in [-0.15, -0.1) is 0 Å². The van der Waals surface area contributed by atoms with E-state index in [-0.39, 0.29) is 0 Å². The zero-order valence-electron chi connectivity index (χ0n) is 10.6. The molecule has 1 unspecified atom stereocenters. The minimum absolute atomic E-state index is 0.503. The number of hydrogen-bond acceptors (Lipinski definition) is 2. The molecule has 0 aromatic heterocycles. The Labute approximate surface area is 104 Å². The number of rotatable bonds is 7. The van der Waals surface area contributed by atoms with Gasteiger partial charge in [0.15, 0.2) is 0 Å². The maximum absolute atomic E-state index is 3.58. The van der Waals surface area contributed by atoms with Crippen molar-refractivity contribution in [2.45, 2.75) is 33.2 Å². The molecule has 0 radical (unpaired) electrons. The molecule has 0 aliphatic rings. The Hall–Kier alpha value is -0.470. The first-order chi connectivity index (χ1) is 7.79. The Kier molecular flexibility index (Phi) is 6.58. The van der Waals surface area contributed by atoms with E-state index in [1.54, 1.807) is 0 Å². The maximum atomic E-state index is 3.58.